The van der Waals surface area contributed by atoms with E-state index in [0.717, 1.165) is 24.3 Å². The molecule has 2 heterocycles. The second-order valence-electron chi connectivity index (χ2n) is 6.08. The van der Waals surface area contributed by atoms with E-state index in [-0.39, 0.29) is 18.1 Å². The van der Waals surface area contributed by atoms with Gasteiger partial charge in [0.15, 0.2) is 11.5 Å². The Kier molecular flexibility index (Phi) is 6.31. The van der Waals surface area contributed by atoms with E-state index in [1.54, 1.807) is 24.3 Å². The Morgan fingerprint density at radius 3 is 1.87 bits per heavy atom. The molecule has 13 heteroatoms. The summed E-state index contributed by atoms with van der Waals surface area (Å²) in [6, 6.07) is 9.95. The molecule has 1 aromatic carbocycles. The molecule has 0 saturated heterocycles. The molecule has 0 aliphatic carbocycles. The van der Waals surface area contributed by atoms with E-state index >= 15 is 0 Å². The molecule has 0 unspecified atom stereocenters. The lowest BCUT2D eigenvalue weighted by Gasteiger charge is -2.19. The first-order valence-electron chi connectivity index (χ1n) is 8.57. The fraction of sp³-hybridized carbons (Fsp3) is 0.111. The molecular formula is C18H13ClN4O8. The minimum absolute atomic E-state index is 0.135. The zero-order valence-corrected chi connectivity index (χ0v) is 16.2. The molecule has 160 valence electrons. The molecule has 0 saturated carbocycles. The average Bonchev–Trinajstić information content (AvgIpc) is 3.41. The predicted octanol–water partition coefficient (Wildman–Crippen LogP) is 3.24. The maximum absolute atomic E-state index is 12.5. The molecule has 0 aliphatic heterocycles. The Labute approximate surface area is 178 Å². The van der Waals surface area contributed by atoms with E-state index in [1.165, 1.54) is 0 Å². The van der Waals surface area contributed by atoms with Crippen LogP contribution in [0.3, 0.4) is 0 Å². The van der Waals surface area contributed by atoms with Crippen molar-refractivity contribution in [1.82, 2.24) is 10.6 Å². The summed E-state index contributed by atoms with van der Waals surface area (Å²) in [5.41, 5.74) is 0.560. The van der Waals surface area contributed by atoms with Gasteiger partial charge in [0.1, 0.15) is 9.85 Å². The zero-order chi connectivity index (χ0) is 22.5. The van der Waals surface area contributed by atoms with Gasteiger partial charge in [-0.1, -0.05) is 23.7 Å². The van der Waals surface area contributed by atoms with Gasteiger partial charge in [0.05, 0.1) is 18.2 Å². The lowest BCUT2D eigenvalue weighted by atomic mass is 10.1. The average molecular weight is 449 g/mol. The summed E-state index contributed by atoms with van der Waals surface area (Å²) in [5.74, 6) is -3.26. The van der Waals surface area contributed by atoms with E-state index in [1.807, 2.05) is 0 Å². The van der Waals surface area contributed by atoms with Crippen molar-refractivity contribution in [1.29, 1.82) is 0 Å². The minimum Gasteiger partial charge on any atom is -0.395 e. The molecule has 3 rings (SSSR count). The number of rotatable bonds is 8. The molecule has 31 heavy (non-hydrogen) atoms. The molecule has 12 nitrogen and oxygen atoms in total. The van der Waals surface area contributed by atoms with E-state index in [9.17, 15) is 29.8 Å². The summed E-state index contributed by atoms with van der Waals surface area (Å²) in [5, 5.41) is 27.0. The Morgan fingerprint density at radius 2 is 1.39 bits per heavy atom. The fourth-order valence-electron chi connectivity index (χ4n) is 2.55. The van der Waals surface area contributed by atoms with Gasteiger partial charge in [-0.05, 0) is 29.8 Å². The second-order valence-corrected chi connectivity index (χ2v) is 6.51. The third-order valence-electron chi connectivity index (χ3n) is 4.04. The fourth-order valence-corrected chi connectivity index (χ4v) is 2.68. The highest BCUT2D eigenvalue weighted by Crippen LogP contribution is 2.20. The number of carbonyl (C=O) groups is 2. The Bertz CT molecular complexity index is 1140. The van der Waals surface area contributed by atoms with Gasteiger partial charge in [-0.3, -0.25) is 29.8 Å². The summed E-state index contributed by atoms with van der Waals surface area (Å²) >= 11 is 5.88. The number of carbonyl (C=O) groups excluding carboxylic acids is 2. The van der Waals surface area contributed by atoms with Crippen molar-refractivity contribution >= 4 is 35.2 Å². The van der Waals surface area contributed by atoms with Gasteiger partial charge in [-0.2, -0.15) is 0 Å². The van der Waals surface area contributed by atoms with Gasteiger partial charge in [0.25, 0.3) is 11.8 Å². The van der Waals surface area contributed by atoms with Crippen molar-refractivity contribution in [2.75, 3.05) is 6.54 Å². The van der Waals surface area contributed by atoms with Crippen LogP contribution in [0, 0.1) is 20.2 Å². The molecule has 1 atom stereocenters. The number of nitrogens with zero attached hydrogens (tertiary/aromatic N) is 2. The quantitative estimate of drug-likeness (QED) is 0.390. The number of halogens is 1. The number of amides is 2. The summed E-state index contributed by atoms with van der Waals surface area (Å²) in [6.45, 7) is -0.135. The number of benzene rings is 1. The van der Waals surface area contributed by atoms with Gasteiger partial charge < -0.3 is 19.5 Å². The Hall–Kier alpha value is -4.19. The van der Waals surface area contributed by atoms with Crippen LogP contribution < -0.4 is 10.6 Å². The van der Waals surface area contributed by atoms with E-state index in [0.29, 0.717) is 10.6 Å². The molecule has 0 spiro atoms. The summed E-state index contributed by atoms with van der Waals surface area (Å²) < 4.78 is 9.73. The van der Waals surface area contributed by atoms with Crippen LogP contribution in [0.4, 0.5) is 11.8 Å². The normalized spacial score (nSPS) is 11.5. The molecule has 0 fully saturated rings. The highest BCUT2D eigenvalue weighted by atomic mass is 35.5. The first-order chi connectivity index (χ1) is 14.7. The van der Waals surface area contributed by atoms with Crippen LogP contribution in [0.1, 0.15) is 32.7 Å². The van der Waals surface area contributed by atoms with Gasteiger partial charge in [-0.25, -0.2) is 0 Å². The molecule has 0 bridgehead atoms. The SMILES string of the molecule is O=C(NC[C@H](NC(=O)c1ccc([N+](=O)[O-])o1)c1ccc(Cl)cc1)c1ccc([N+](=O)[O-])o1. The standard InChI is InChI=1S/C18H13ClN4O8/c19-11-3-1-10(2-4-11)12(21-18(25)14-6-8-16(31-14)23(28)29)9-20-17(24)13-5-7-15(30-13)22(26)27/h1-8,12H,9H2,(H,20,24)(H,21,25)/t12-/m0/s1. The first-order valence-corrected chi connectivity index (χ1v) is 8.95. The highest BCUT2D eigenvalue weighted by molar-refractivity contribution is 6.30. The zero-order valence-electron chi connectivity index (χ0n) is 15.4. The second kappa shape index (κ2) is 9.09. The Balaban J connectivity index is 1.75. The molecular weight excluding hydrogens is 436 g/mol. The van der Waals surface area contributed by atoms with Crippen LogP contribution in [0.25, 0.3) is 0 Å². The van der Waals surface area contributed by atoms with Crippen molar-refractivity contribution in [2.24, 2.45) is 0 Å². The third kappa shape index (κ3) is 5.25. The van der Waals surface area contributed by atoms with Crippen LogP contribution in [0.2, 0.25) is 5.02 Å². The van der Waals surface area contributed by atoms with Crippen molar-refractivity contribution in [3.8, 4) is 0 Å². The van der Waals surface area contributed by atoms with Gasteiger partial charge in [0.2, 0.25) is 0 Å². The smallest absolute Gasteiger partial charge is 0.395 e. The monoisotopic (exact) mass is 448 g/mol. The summed E-state index contributed by atoms with van der Waals surface area (Å²) in [4.78, 5) is 44.6. The highest BCUT2D eigenvalue weighted by Gasteiger charge is 2.23. The number of nitro groups is 2. The van der Waals surface area contributed by atoms with Gasteiger partial charge >= 0.3 is 11.8 Å². The van der Waals surface area contributed by atoms with E-state index in [2.05, 4.69) is 10.6 Å². The third-order valence-corrected chi connectivity index (χ3v) is 4.29. The Morgan fingerprint density at radius 1 is 0.871 bits per heavy atom. The number of furan rings is 2. The molecule has 0 aliphatic rings. The molecule has 2 aromatic heterocycles. The number of nitrogens with one attached hydrogen (secondary N) is 2. The number of hydrogen-bond donors (Lipinski definition) is 2. The summed E-state index contributed by atoms with van der Waals surface area (Å²) in [6.07, 6.45) is 0. The molecule has 2 N–H and O–H groups in total. The first kappa shape index (κ1) is 21.5. The van der Waals surface area contributed by atoms with Crippen molar-refractivity contribution in [2.45, 2.75) is 6.04 Å². The number of hydrogen-bond acceptors (Lipinski definition) is 8. The minimum atomic E-state index is -0.789. The maximum Gasteiger partial charge on any atom is 0.433 e. The molecule has 0 radical (unpaired) electrons. The van der Waals surface area contributed by atoms with Crippen molar-refractivity contribution in [3.63, 3.8) is 0 Å². The lowest BCUT2D eigenvalue weighted by Crippen LogP contribution is -2.37. The lowest BCUT2D eigenvalue weighted by molar-refractivity contribution is -0.402. The van der Waals surface area contributed by atoms with Crippen molar-refractivity contribution < 1.29 is 28.3 Å². The van der Waals surface area contributed by atoms with E-state index < -0.39 is 39.5 Å². The van der Waals surface area contributed by atoms with Gasteiger partial charge in [0, 0.05) is 11.6 Å². The maximum atomic E-state index is 12.5. The van der Waals surface area contributed by atoms with Crippen molar-refractivity contribution in [3.05, 3.63) is 90.9 Å². The summed E-state index contributed by atoms with van der Waals surface area (Å²) in [7, 11) is 0. The van der Waals surface area contributed by atoms with Crippen LogP contribution in [-0.4, -0.2) is 28.2 Å². The topological polar surface area (TPSA) is 171 Å². The van der Waals surface area contributed by atoms with Crippen LogP contribution in [0.5, 0.6) is 0 Å². The van der Waals surface area contributed by atoms with E-state index in [4.69, 9.17) is 20.4 Å². The van der Waals surface area contributed by atoms with Crippen LogP contribution >= 0.6 is 11.6 Å². The van der Waals surface area contributed by atoms with Crippen LogP contribution in [-0.2, 0) is 0 Å². The largest absolute Gasteiger partial charge is 0.433 e. The molecule has 3 aromatic rings. The predicted molar refractivity (Wildman–Crippen MR) is 105 cm³/mol. The van der Waals surface area contributed by atoms with Gasteiger partial charge in [-0.15, -0.1) is 0 Å². The van der Waals surface area contributed by atoms with Crippen LogP contribution in [0.15, 0.2) is 57.4 Å². The molecule has 2 amide bonds.